The summed E-state index contributed by atoms with van der Waals surface area (Å²) in [5, 5.41) is 5.03. The molecule has 0 N–H and O–H groups in total. The highest BCUT2D eigenvalue weighted by molar-refractivity contribution is 7.19. The molecule has 0 aliphatic heterocycles. The number of aromatic nitrogens is 3. The molecule has 1 aromatic heterocycles. The smallest absolute Gasteiger partial charge is 0.187 e. The minimum atomic E-state index is -2.78. The fraction of sp³-hybridized carbons (Fsp3) is 0. The van der Waals surface area contributed by atoms with Crippen LogP contribution in [0.1, 0.15) is 0 Å². The molecule has 6 aromatic carbocycles. The number of hydrogen-bond acceptors (Lipinski definition) is 3. The van der Waals surface area contributed by atoms with Crippen molar-refractivity contribution in [3.8, 4) is 34.2 Å². The molecule has 1 heterocycles. The zero-order chi connectivity index (χ0) is 32.1. The maximum absolute atomic E-state index is 7.54. The zero-order valence-corrected chi connectivity index (χ0v) is 26.3. The first kappa shape index (κ1) is 29.2. The van der Waals surface area contributed by atoms with Gasteiger partial charge in [-0.15, -0.1) is 0 Å². The van der Waals surface area contributed by atoms with Gasteiger partial charge < -0.3 is 0 Å². The summed E-state index contributed by atoms with van der Waals surface area (Å²) in [5.74, 6) is 1.45. The molecule has 0 saturated heterocycles. The molecule has 0 fully saturated rings. The van der Waals surface area contributed by atoms with Crippen LogP contribution in [0.5, 0.6) is 0 Å². The summed E-state index contributed by atoms with van der Waals surface area (Å²) in [6, 6.07) is 55.5. The highest BCUT2D eigenvalue weighted by atomic mass is 28.3. The van der Waals surface area contributed by atoms with Crippen molar-refractivity contribution in [2.75, 3.05) is 0 Å². The van der Waals surface area contributed by atoms with E-state index in [-0.39, 0.29) is 0 Å². The van der Waals surface area contributed by atoms with Crippen LogP contribution < -0.4 is 20.7 Å². The van der Waals surface area contributed by atoms with Crippen molar-refractivity contribution in [3.05, 3.63) is 187 Å². The highest BCUT2D eigenvalue weighted by Gasteiger charge is 2.41. The Balaban J connectivity index is 1.49. The largest absolute Gasteiger partial charge is 0.238 e. The highest BCUT2D eigenvalue weighted by Crippen LogP contribution is 2.28. The number of nitrogens with zero attached hydrogens (tertiary/aromatic N) is 5. The Bertz CT molecular complexity index is 2100. The van der Waals surface area contributed by atoms with Gasteiger partial charge in [0.1, 0.15) is 0 Å². The number of rotatable bonds is 7. The average molecular weight is 618 g/mol. The van der Waals surface area contributed by atoms with E-state index < -0.39 is 8.07 Å². The topological polar surface area (TPSA) is 47.4 Å². The molecule has 7 aromatic rings. The van der Waals surface area contributed by atoms with E-state index in [0.29, 0.717) is 28.8 Å². The predicted octanol–water partition coefficient (Wildman–Crippen LogP) is 7.35. The maximum Gasteiger partial charge on any atom is 0.187 e. The fourth-order valence-electron chi connectivity index (χ4n) is 6.15. The summed E-state index contributed by atoms with van der Waals surface area (Å²) < 4.78 is 0. The quantitative estimate of drug-likeness (QED) is 0.107. The third-order valence-electron chi connectivity index (χ3n) is 8.28. The second kappa shape index (κ2) is 12.9. The molecule has 0 spiro atoms. The van der Waals surface area contributed by atoms with Crippen LogP contribution >= 0.6 is 0 Å². The van der Waals surface area contributed by atoms with Gasteiger partial charge >= 0.3 is 0 Å². The van der Waals surface area contributed by atoms with E-state index >= 15 is 0 Å². The molecule has 0 aliphatic rings. The lowest BCUT2D eigenvalue weighted by molar-refractivity contribution is 1.07. The fourth-order valence-corrected chi connectivity index (χ4v) is 10.9. The Kier molecular flexibility index (Phi) is 8.01. The van der Waals surface area contributed by atoms with Crippen LogP contribution in [0.4, 0.5) is 11.4 Å². The summed E-state index contributed by atoms with van der Waals surface area (Å²) >= 11 is 0. The van der Waals surface area contributed by atoms with Crippen LogP contribution in [0.25, 0.3) is 43.9 Å². The lowest BCUT2D eigenvalue weighted by Crippen LogP contribution is -2.74. The summed E-state index contributed by atoms with van der Waals surface area (Å²) in [4.78, 5) is 22.1. The number of hydrogen-bond donors (Lipinski definition) is 0. The molecule has 47 heavy (non-hydrogen) atoms. The van der Waals surface area contributed by atoms with E-state index in [2.05, 4.69) is 119 Å². The molecular formula is C41H27N5Si. The molecule has 0 atom stereocenters. The third-order valence-corrected chi connectivity index (χ3v) is 13.1. The Labute approximate surface area is 275 Å². The van der Waals surface area contributed by atoms with Crippen LogP contribution in [0.3, 0.4) is 0 Å². The molecule has 0 radical (unpaired) electrons. The maximum atomic E-state index is 7.54. The van der Waals surface area contributed by atoms with Gasteiger partial charge in [0.15, 0.2) is 36.9 Å². The summed E-state index contributed by atoms with van der Waals surface area (Å²) in [5.41, 5.74) is 3.32. The van der Waals surface area contributed by atoms with Crippen molar-refractivity contribution in [3.63, 3.8) is 0 Å². The van der Waals surface area contributed by atoms with Crippen LogP contribution in [0.2, 0.25) is 0 Å². The van der Waals surface area contributed by atoms with Gasteiger partial charge in [0, 0.05) is 16.7 Å². The van der Waals surface area contributed by atoms with Crippen molar-refractivity contribution in [2.45, 2.75) is 0 Å². The molecule has 220 valence electrons. The van der Waals surface area contributed by atoms with Gasteiger partial charge in [-0.25, -0.2) is 24.6 Å². The van der Waals surface area contributed by atoms with Crippen LogP contribution in [-0.4, -0.2) is 23.0 Å². The third kappa shape index (κ3) is 5.62. The second-order valence-corrected chi connectivity index (χ2v) is 14.9. The molecule has 6 heteroatoms. The zero-order valence-electron chi connectivity index (χ0n) is 25.3. The molecule has 0 aliphatic carbocycles. The SMILES string of the molecule is [C-]#[N+]c1cccc(-c2nc(-c3cccc([N+]#[C-])c3)nc(-c3cccc([Si](c4ccccc4)(c4ccccc4)c4ccccc4)c3)n2)c1. The summed E-state index contributed by atoms with van der Waals surface area (Å²) in [6.45, 7) is 15.1. The van der Waals surface area contributed by atoms with Gasteiger partial charge in [-0.2, -0.15) is 0 Å². The molecule has 0 unspecified atom stereocenters. The Hall–Kier alpha value is -6.47. The van der Waals surface area contributed by atoms with E-state index in [4.69, 9.17) is 28.1 Å². The molecule has 5 nitrogen and oxygen atoms in total. The first-order valence-corrected chi connectivity index (χ1v) is 17.2. The van der Waals surface area contributed by atoms with Crippen LogP contribution in [-0.2, 0) is 0 Å². The average Bonchev–Trinajstić information content (AvgIpc) is 3.16. The van der Waals surface area contributed by atoms with Crippen LogP contribution in [0.15, 0.2) is 164 Å². The summed E-state index contributed by atoms with van der Waals surface area (Å²) in [6.07, 6.45) is 0. The Morgan fingerprint density at radius 3 is 1.09 bits per heavy atom. The van der Waals surface area contributed by atoms with Crippen molar-refractivity contribution in [1.82, 2.24) is 15.0 Å². The molecule has 0 bridgehead atoms. The molecule has 0 amide bonds. The normalized spacial score (nSPS) is 10.9. The summed E-state index contributed by atoms with van der Waals surface area (Å²) in [7, 11) is -2.78. The first-order valence-electron chi connectivity index (χ1n) is 15.2. The van der Waals surface area contributed by atoms with E-state index in [1.807, 2.05) is 30.3 Å². The van der Waals surface area contributed by atoms with E-state index in [0.717, 1.165) is 16.7 Å². The number of benzene rings is 6. The molecule has 0 saturated carbocycles. The predicted molar refractivity (Wildman–Crippen MR) is 192 cm³/mol. The van der Waals surface area contributed by atoms with Gasteiger partial charge in [-0.3, -0.25) is 0 Å². The Morgan fingerprint density at radius 2 is 0.702 bits per heavy atom. The van der Waals surface area contributed by atoms with E-state index in [1.54, 1.807) is 24.3 Å². The Morgan fingerprint density at radius 1 is 0.362 bits per heavy atom. The lowest BCUT2D eigenvalue weighted by Gasteiger charge is -2.34. The van der Waals surface area contributed by atoms with E-state index in [9.17, 15) is 0 Å². The van der Waals surface area contributed by atoms with Crippen LogP contribution in [0, 0.1) is 13.1 Å². The standard InChI is InChI=1S/C41H27N5Si/c1-42-33-18-12-15-30(27-33)39-44-40(31-16-13-19-34(28-31)43-2)46-41(45-39)32-17-14-26-38(29-32)47(35-20-6-3-7-21-35,36-22-8-4-9-23-36)37-24-10-5-11-25-37/h3-29H. The van der Waals surface area contributed by atoms with Gasteiger partial charge in [-0.1, -0.05) is 152 Å². The minimum absolute atomic E-state index is 0.465. The minimum Gasteiger partial charge on any atom is -0.238 e. The van der Waals surface area contributed by atoms with Crippen molar-refractivity contribution >= 4 is 40.2 Å². The second-order valence-electron chi connectivity index (χ2n) is 11.1. The first-order chi connectivity index (χ1) is 23.2. The van der Waals surface area contributed by atoms with Crippen molar-refractivity contribution in [2.24, 2.45) is 0 Å². The van der Waals surface area contributed by atoms with Crippen molar-refractivity contribution in [1.29, 1.82) is 0 Å². The monoisotopic (exact) mass is 617 g/mol. The van der Waals surface area contributed by atoms with E-state index in [1.165, 1.54) is 20.7 Å². The van der Waals surface area contributed by atoms with Gasteiger partial charge in [0.2, 0.25) is 0 Å². The van der Waals surface area contributed by atoms with Gasteiger partial charge in [0.05, 0.1) is 13.1 Å². The van der Waals surface area contributed by atoms with Crippen molar-refractivity contribution < 1.29 is 0 Å². The van der Waals surface area contributed by atoms with Gasteiger partial charge in [0.25, 0.3) is 0 Å². The lowest BCUT2D eigenvalue weighted by atomic mass is 10.1. The van der Waals surface area contributed by atoms with Gasteiger partial charge in [-0.05, 0) is 32.9 Å². The molecule has 7 rings (SSSR count). The molecular weight excluding hydrogens is 591 g/mol.